The number of rotatable bonds is 4. The molecule has 0 radical (unpaired) electrons. The number of halogens is 1. The lowest BCUT2D eigenvalue weighted by molar-refractivity contribution is 0.0161. The Labute approximate surface area is 147 Å². The molecule has 0 aliphatic carbocycles. The van der Waals surface area contributed by atoms with E-state index in [0.29, 0.717) is 32.8 Å². The maximum atomic E-state index is 13.3. The highest BCUT2D eigenvalue weighted by molar-refractivity contribution is 5.74. The third-order valence-corrected chi connectivity index (χ3v) is 4.87. The normalized spacial score (nSPS) is 23.3. The molecule has 0 saturated carbocycles. The lowest BCUT2D eigenvalue weighted by atomic mass is 10.0. The molecule has 2 amide bonds. The number of amides is 2. The van der Waals surface area contributed by atoms with E-state index in [0.717, 1.165) is 31.5 Å². The van der Waals surface area contributed by atoms with Crippen LogP contribution in [0, 0.1) is 5.82 Å². The van der Waals surface area contributed by atoms with Crippen LogP contribution in [-0.4, -0.2) is 73.0 Å². The molecule has 2 heterocycles. The van der Waals surface area contributed by atoms with Crippen LogP contribution in [0.1, 0.15) is 24.4 Å². The zero-order chi connectivity index (χ0) is 17.6. The van der Waals surface area contributed by atoms with Crippen molar-refractivity contribution in [2.45, 2.75) is 25.0 Å². The third kappa shape index (κ3) is 4.90. The molecule has 0 spiro atoms. The van der Waals surface area contributed by atoms with E-state index in [-0.39, 0.29) is 17.9 Å². The van der Waals surface area contributed by atoms with Crippen molar-refractivity contribution in [3.63, 3.8) is 0 Å². The van der Waals surface area contributed by atoms with Gasteiger partial charge in [-0.2, -0.15) is 0 Å². The van der Waals surface area contributed by atoms with Gasteiger partial charge in [-0.3, -0.25) is 4.90 Å². The summed E-state index contributed by atoms with van der Waals surface area (Å²) in [7, 11) is 0. The molecule has 0 aromatic heterocycles. The van der Waals surface area contributed by atoms with Gasteiger partial charge in [0.2, 0.25) is 0 Å². The van der Waals surface area contributed by atoms with Gasteiger partial charge in [0, 0.05) is 32.7 Å². The van der Waals surface area contributed by atoms with E-state index in [1.54, 1.807) is 17.0 Å². The molecule has 2 N–H and O–H groups in total. The monoisotopic (exact) mass is 351 g/mol. The predicted octanol–water partition coefficient (Wildman–Crippen LogP) is 1.37. The minimum Gasteiger partial charge on any atom is -0.391 e. The Morgan fingerprint density at radius 3 is 2.68 bits per heavy atom. The first kappa shape index (κ1) is 18.1. The number of ether oxygens (including phenoxy) is 1. The molecule has 1 aromatic rings. The van der Waals surface area contributed by atoms with Crippen LogP contribution in [0.3, 0.4) is 0 Å². The zero-order valence-corrected chi connectivity index (χ0v) is 14.4. The van der Waals surface area contributed by atoms with Crippen LogP contribution >= 0.6 is 0 Å². The molecule has 3 rings (SSSR count). The summed E-state index contributed by atoms with van der Waals surface area (Å²) in [5.74, 6) is -0.268. The second-order valence-corrected chi connectivity index (χ2v) is 6.64. The average Bonchev–Trinajstić information content (AvgIpc) is 2.64. The van der Waals surface area contributed by atoms with Crippen LogP contribution in [0.2, 0.25) is 0 Å². The van der Waals surface area contributed by atoms with Gasteiger partial charge in [0.25, 0.3) is 0 Å². The number of aliphatic hydroxyl groups is 1. The third-order valence-electron chi connectivity index (χ3n) is 4.87. The number of hydrogen-bond acceptors (Lipinski definition) is 4. The van der Waals surface area contributed by atoms with Crippen molar-refractivity contribution >= 4 is 6.03 Å². The Hall–Kier alpha value is -1.70. The highest BCUT2D eigenvalue weighted by atomic mass is 19.1. The van der Waals surface area contributed by atoms with Crippen LogP contribution < -0.4 is 5.32 Å². The van der Waals surface area contributed by atoms with Crippen molar-refractivity contribution in [2.24, 2.45) is 0 Å². The van der Waals surface area contributed by atoms with Gasteiger partial charge in [0.15, 0.2) is 0 Å². The van der Waals surface area contributed by atoms with Crippen molar-refractivity contribution in [3.05, 3.63) is 35.6 Å². The van der Waals surface area contributed by atoms with Crippen LogP contribution in [0.25, 0.3) is 0 Å². The number of urea groups is 1. The zero-order valence-electron chi connectivity index (χ0n) is 14.4. The second-order valence-electron chi connectivity index (χ2n) is 6.64. The quantitative estimate of drug-likeness (QED) is 0.860. The topological polar surface area (TPSA) is 65.0 Å². The van der Waals surface area contributed by atoms with Gasteiger partial charge >= 0.3 is 6.03 Å². The number of carbonyl (C=O) groups is 1. The fourth-order valence-electron chi connectivity index (χ4n) is 3.47. The van der Waals surface area contributed by atoms with Gasteiger partial charge < -0.3 is 20.1 Å². The van der Waals surface area contributed by atoms with E-state index in [1.165, 1.54) is 12.1 Å². The molecule has 2 atom stereocenters. The molecule has 2 aliphatic heterocycles. The summed E-state index contributed by atoms with van der Waals surface area (Å²) in [6, 6.07) is 6.26. The average molecular weight is 351 g/mol. The van der Waals surface area contributed by atoms with Gasteiger partial charge in [-0.15, -0.1) is 0 Å². The molecule has 2 unspecified atom stereocenters. The Kier molecular flexibility index (Phi) is 6.23. The number of nitrogens with one attached hydrogen (secondary N) is 1. The molecule has 2 saturated heterocycles. The Balaban J connectivity index is 1.64. The molecule has 2 fully saturated rings. The van der Waals surface area contributed by atoms with E-state index < -0.39 is 6.10 Å². The summed E-state index contributed by atoms with van der Waals surface area (Å²) in [6.07, 6.45) is 1.13. The van der Waals surface area contributed by atoms with E-state index >= 15 is 0 Å². The summed E-state index contributed by atoms with van der Waals surface area (Å²) < 4.78 is 18.7. The summed E-state index contributed by atoms with van der Waals surface area (Å²) in [5.41, 5.74) is 0.974. The van der Waals surface area contributed by atoms with Gasteiger partial charge in [0.1, 0.15) is 5.82 Å². The summed E-state index contributed by atoms with van der Waals surface area (Å²) in [6.45, 7) is 4.36. The molecule has 0 bridgehead atoms. The molecule has 7 heteroatoms. The Morgan fingerprint density at radius 1 is 1.28 bits per heavy atom. The summed E-state index contributed by atoms with van der Waals surface area (Å²) >= 11 is 0. The molecule has 1 aromatic carbocycles. The Bertz CT molecular complexity index is 563. The second kappa shape index (κ2) is 8.60. The van der Waals surface area contributed by atoms with Gasteiger partial charge in [-0.1, -0.05) is 12.1 Å². The number of piperidine rings is 1. The number of benzene rings is 1. The van der Waals surface area contributed by atoms with E-state index in [4.69, 9.17) is 4.74 Å². The predicted molar refractivity (Wildman–Crippen MR) is 91.7 cm³/mol. The molecule has 6 nitrogen and oxygen atoms in total. The minimum atomic E-state index is -0.438. The van der Waals surface area contributed by atoms with Gasteiger partial charge in [0.05, 0.1) is 25.4 Å². The number of morpholine rings is 1. The number of β-amino-alcohol motifs (C(OH)–C–C–N with tert-alkyl or cyclic N) is 1. The maximum absolute atomic E-state index is 13.3. The van der Waals surface area contributed by atoms with E-state index in [2.05, 4.69) is 10.2 Å². The van der Waals surface area contributed by atoms with Crippen LogP contribution in [0.15, 0.2) is 24.3 Å². The number of likely N-dealkylation sites (tertiary alicyclic amines) is 1. The molecular formula is C18H26FN3O3. The SMILES string of the molecule is O=C(NCC(c1ccc(F)cc1)N1CCOCC1)N1CCCC(O)C1. The summed E-state index contributed by atoms with van der Waals surface area (Å²) in [4.78, 5) is 16.3. The lowest BCUT2D eigenvalue weighted by Gasteiger charge is -2.36. The molecule has 138 valence electrons. The molecule has 25 heavy (non-hydrogen) atoms. The van der Waals surface area contributed by atoms with Gasteiger partial charge in [-0.05, 0) is 30.5 Å². The van der Waals surface area contributed by atoms with Crippen LogP contribution in [0.4, 0.5) is 9.18 Å². The van der Waals surface area contributed by atoms with Crippen LogP contribution in [-0.2, 0) is 4.74 Å². The number of hydrogen-bond donors (Lipinski definition) is 2. The van der Waals surface area contributed by atoms with Crippen molar-refractivity contribution in [1.82, 2.24) is 15.1 Å². The van der Waals surface area contributed by atoms with Crippen LogP contribution in [0.5, 0.6) is 0 Å². The first-order valence-corrected chi connectivity index (χ1v) is 8.91. The largest absolute Gasteiger partial charge is 0.391 e. The highest BCUT2D eigenvalue weighted by Crippen LogP contribution is 2.22. The fourth-order valence-corrected chi connectivity index (χ4v) is 3.47. The molecule has 2 aliphatic rings. The standard InChI is InChI=1S/C18H26FN3O3/c19-15-5-3-14(4-6-15)17(21-8-10-25-11-9-21)12-20-18(24)22-7-1-2-16(23)13-22/h3-6,16-17,23H,1-2,7-13H2,(H,20,24). The maximum Gasteiger partial charge on any atom is 0.317 e. The van der Waals surface area contributed by atoms with E-state index in [1.807, 2.05) is 0 Å². The van der Waals surface area contributed by atoms with Crippen molar-refractivity contribution in [2.75, 3.05) is 45.9 Å². The van der Waals surface area contributed by atoms with Gasteiger partial charge in [-0.25, -0.2) is 9.18 Å². The highest BCUT2D eigenvalue weighted by Gasteiger charge is 2.26. The fraction of sp³-hybridized carbons (Fsp3) is 0.611. The first-order valence-electron chi connectivity index (χ1n) is 8.91. The smallest absolute Gasteiger partial charge is 0.317 e. The van der Waals surface area contributed by atoms with Crippen molar-refractivity contribution in [1.29, 1.82) is 0 Å². The minimum absolute atomic E-state index is 0.0248. The van der Waals surface area contributed by atoms with Crippen molar-refractivity contribution < 1.29 is 19.0 Å². The van der Waals surface area contributed by atoms with E-state index in [9.17, 15) is 14.3 Å². The first-order chi connectivity index (χ1) is 12.1. The number of aliphatic hydroxyl groups excluding tert-OH is 1. The number of carbonyl (C=O) groups excluding carboxylic acids is 1. The number of nitrogens with zero attached hydrogens (tertiary/aromatic N) is 2. The summed E-state index contributed by atoms with van der Waals surface area (Å²) in [5, 5.41) is 12.7. The molecular weight excluding hydrogens is 325 g/mol. The van der Waals surface area contributed by atoms with Crippen molar-refractivity contribution in [3.8, 4) is 0 Å². The lowest BCUT2D eigenvalue weighted by Crippen LogP contribution is -2.50. The Morgan fingerprint density at radius 2 is 2.00 bits per heavy atom.